The fourth-order valence-corrected chi connectivity index (χ4v) is 1.50. The summed E-state index contributed by atoms with van der Waals surface area (Å²) in [5, 5.41) is 11.6. The molecular formula is C15H19NO3. The Bertz CT molecular complexity index is 452. The Morgan fingerprint density at radius 1 is 1.42 bits per heavy atom. The van der Waals surface area contributed by atoms with Crippen LogP contribution >= 0.6 is 0 Å². The van der Waals surface area contributed by atoms with Crippen molar-refractivity contribution in [1.82, 2.24) is 0 Å². The molecule has 1 atom stereocenters. The van der Waals surface area contributed by atoms with Gasteiger partial charge >= 0.3 is 5.97 Å². The van der Waals surface area contributed by atoms with Gasteiger partial charge in [0, 0.05) is 6.08 Å². The zero-order valence-electron chi connectivity index (χ0n) is 11.3. The van der Waals surface area contributed by atoms with Crippen molar-refractivity contribution in [3.8, 4) is 0 Å². The third-order valence-electron chi connectivity index (χ3n) is 2.48. The second-order valence-corrected chi connectivity index (χ2v) is 4.17. The Morgan fingerprint density at radius 3 is 2.74 bits per heavy atom. The zero-order valence-corrected chi connectivity index (χ0v) is 11.3. The van der Waals surface area contributed by atoms with Gasteiger partial charge < -0.3 is 9.94 Å². The maximum absolute atomic E-state index is 11.6. The Kier molecular flexibility index (Phi) is 6.36. The lowest BCUT2D eigenvalue weighted by atomic mass is 10.2. The van der Waals surface area contributed by atoms with Gasteiger partial charge in [0.15, 0.2) is 12.8 Å². The lowest BCUT2D eigenvalue weighted by Crippen LogP contribution is -2.23. The van der Waals surface area contributed by atoms with Crippen LogP contribution in [-0.4, -0.2) is 30.1 Å². The van der Waals surface area contributed by atoms with Crippen LogP contribution in [0.1, 0.15) is 19.4 Å². The van der Waals surface area contributed by atoms with Crippen molar-refractivity contribution in [2.45, 2.75) is 13.8 Å². The van der Waals surface area contributed by atoms with Gasteiger partial charge in [0.05, 0.1) is 6.61 Å². The number of rotatable bonds is 6. The number of nitrogens with zero attached hydrogens (tertiary/aromatic N) is 1. The largest absolute Gasteiger partial charge is 0.624 e. The Morgan fingerprint density at radius 2 is 2.11 bits per heavy atom. The number of allylic oxidation sites excluding steroid dienone is 1. The van der Waals surface area contributed by atoms with Gasteiger partial charge in [0.2, 0.25) is 0 Å². The van der Waals surface area contributed by atoms with Gasteiger partial charge in [-0.2, -0.15) is 0 Å². The smallest absolute Gasteiger partial charge is 0.315 e. The molecule has 0 fully saturated rings. The van der Waals surface area contributed by atoms with Crippen LogP contribution in [-0.2, 0) is 9.53 Å². The average molecular weight is 261 g/mol. The molecule has 0 aliphatic rings. The lowest BCUT2D eigenvalue weighted by Gasteiger charge is -2.09. The van der Waals surface area contributed by atoms with E-state index in [1.54, 1.807) is 19.9 Å². The maximum atomic E-state index is 11.6. The van der Waals surface area contributed by atoms with Crippen LogP contribution in [0.15, 0.2) is 36.4 Å². The first kappa shape index (κ1) is 15.0. The summed E-state index contributed by atoms with van der Waals surface area (Å²) in [5.74, 6) is -0.775. The molecule has 0 aromatic heterocycles. The highest BCUT2D eigenvalue weighted by atomic mass is 16.5. The van der Waals surface area contributed by atoms with E-state index >= 15 is 0 Å². The normalized spacial score (nSPS) is 13.5. The van der Waals surface area contributed by atoms with E-state index in [0.717, 1.165) is 10.3 Å². The molecule has 0 aliphatic heterocycles. The highest BCUT2D eigenvalue weighted by Crippen LogP contribution is 2.01. The molecule has 0 amide bonds. The van der Waals surface area contributed by atoms with E-state index in [4.69, 9.17) is 4.74 Å². The van der Waals surface area contributed by atoms with Gasteiger partial charge in [-0.3, -0.25) is 4.79 Å². The summed E-state index contributed by atoms with van der Waals surface area (Å²) in [6, 6.07) is 9.68. The van der Waals surface area contributed by atoms with E-state index in [1.807, 2.05) is 36.4 Å². The van der Waals surface area contributed by atoms with Crippen LogP contribution < -0.4 is 0 Å². The van der Waals surface area contributed by atoms with Crippen molar-refractivity contribution in [2.75, 3.05) is 13.2 Å². The lowest BCUT2D eigenvalue weighted by molar-refractivity contribution is -0.458. The summed E-state index contributed by atoms with van der Waals surface area (Å²) in [6.45, 7) is 3.85. The van der Waals surface area contributed by atoms with Gasteiger partial charge in [-0.05, 0) is 25.5 Å². The van der Waals surface area contributed by atoms with Crippen molar-refractivity contribution in [2.24, 2.45) is 5.92 Å². The number of hydrogen-bond acceptors (Lipinski definition) is 3. The van der Waals surface area contributed by atoms with Crippen LogP contribution in [0.3, 0.4) is 0 Å². The number of hydroxylamine groups is 1. The fraction of sp³-hybridized carbons (Fsp3) is 0.333. The van der Waals surface area contributed by atoms with Gasteiger partial charge in [-0.1, -0.05) is 30.3 Å². The third kappa shape index (κ3) is 5.86. The SMILES string of the molecule is CCOC(=O)C(C)C/[N+]([O-])=C\C=C\c1ccccc1. The summed E-state index contributed by atoms with van der Waals surface area (Å²) in [7, 11) is 0. The molecule has 0 spiro atoms. The van der Waals surface area contributed by atoms with Crippen LogP contribution in [0, 0.1) is 11.1 Å². The Balaban J connectivity index is 2.49. The molecule has 0 radical (unpaired) electrons. The molecule has 0 saturated carbocycles. The highest BCUT2D eigenvalue weighted by Gasteiger charge is 2.17. The Hall–Kier alpha value is -2.10. The molecule has 0 aliphatic carbocycles. The summed E-state index contributed by atoms with van der Waals surface area (Å²) >= 11 is 0. The van der Waals surface area contributed by atoms with Crippen molar-refractivity contribution in [1.29, 1.82) is 0 Å². The minimum atomic E-state index is -0.432. The van der Waals surface area contributed by atoms with Crippen LogP contribution in [0.25, 0.3) is 6.08 Å². The van der Waals surface area contributed by atoms with Crippen molar-refractivity contribution < 1.29 is 14.3 Å². The zero-order chi connectivity index (χ0) is 14.1. The van der Waals surface area contributed by atoms with Crippen molar-refractivity contribution in [3.63, 3.8) is 0 Å². The Labute approximate surface area is 113 Å². The van der Waals surface area contributed by atoms with E-state index in [1.165, 1.54) is 6.21 Å². The van der Waals surface area contributed by atoms with E-state index in [0.29, 0.717) is 6.61 Å². The quantitative estimate of drug-likeness (QED) is 0.260. The minimum Gasteiger partial charge on any atom is -0.624 e. The number of carbonyl (C=O) groups is 1. The monoisotopic (exact) mass is 261 g/mol. The third-order valence-corrected chi connectivity index (χ3v) is 2.48. The predicted octanol–water partition coefficient (Wildman–Crippen LogP) is 2.48. The summed E-state index contributed by atoms with van der Waals surface area (Å²) in [5.41, 5.74) is 1.02. The summed E-state index contributed by atoms with van der Waals surface area (Å²) in [4.78, 5) is 11.4. The van der Waals surface area contributed by atoms with Crippen LogP contribution in [0.2, 0.25) is 0 Å². The maximum Gasteiger partial charge on any atom is 0.315 e. The molecule has 4 nitrogen and oxygen atoms in total. The van der Waals surface area contributed by atoms with Crippen molar-refractivity contribution >= 4 is 18.3 Å². The minimum absolute atomic E-state index is 0.0952. The second-order valence-electron chi connectivity index (χ2n) is 4.17. The molecule has 1 rings (SSSR count). The van der Waals surface area contributed by atoms with E-state index in [2.05, 4.69) is 0 Å². The first-order chi connectivity index (χ1) is 9.13. The van der Waals surface area contributed by atoms with Gasteiger partial charge in [0.25, 0.3) is 0 Å². The van der Waals surface area contributed by atoms with Crippen LogP contribution in [0.4, 0.5) is 0 Å². The number of ether oxygens (including phenoxy) is 1. The fourth-order valence-electron chi connectivity index (χ4n) is 1.50. The highest BCUT2D eigenvalue weighted by molar-refractivity contribution is 5.75. The van der Waals surface area contributed by atoms with E-state index in [9.17, 15) is 10.0 Å². The van der Waals surface area contributed by atoms with E-state index < -0.39 is 5.92 Å². The first-order valence-corrected chi connectivity index (χ1v) is 6.30. The summed E-state index contributed by atoms with van der Waals surface area (Å²) in [6.07, 6.45) is 4.91. The van der Waals surface area contributed by atoms with Gasteiger partial charge in [-0.15, -0.1) is 0 Å². The van der Waals surface area contributed by atoms with Crippen LogP contribution in [0.5, 0.6) is 0 Å². The van der Waals surface area contributed by atoms with Crippen molar-refractivity contribution in [3.05, 3.63) is 47.2 Å². The van der Waals surface area contributed by atoms with E-state index in [-0.39, 0.29) is 12.5 Å². The molecule has 0 saturated heterocycles. The number of esters is 1. The molecule has 4 heteroatoms. The summed E-state index contributed by atoms with van der Waals surface area (Å²) < 4.78 is 5.58. The molecule has 1 aromatic rings. The predicted molar refractivity (Wildman–Crippen MR) is 75.8 cm³/mol. The molecular weight excluding hydrogens is 242 g/mol. The van der Waals surface area contributed by atoms with Gasteiger partial charge in [-0.25, -0.2) is 4.74 Å². The number of benzene rings is 1. The average Bonchev–Trinajstić information content (AvgIpc) is 2.40. The number of hydrogen-bond donors (Lipinski definition) is 0. The molecule has 1 aromatic carbocycles. The molecule has 102 valence electrons. The molecule has 0 bridgehead atoms. The number of carbonyl (C=O) groups excluding carboxylic acids is 1. The first-order valence-electron chi connectivity index (χ1n) is 6.30. The van der Waals surface area contributed by atoms with Gasteiger partial charge in [0.1, 0.15) is 5.92 Å². The molecule has 0 heterocycles. The second kappa shape index (κ2) is 8.08. The standard InChI is InChI=1S/C15H19NO3/c1-3-19-15(17)13(2)12-16(18)11-7-10-14-8-5-4-6-9-14/h4-11,13H,3,12H2,1-2H3/b10-7+,16-11+. The molecule has 0 N–H and O–H groups in total. The topological polar surface area (TPSA) is 52.4 Å². The molecule has 1 unspecified atom stereocenters. The molecule has 19 heavy (non-hydrogen) atoms.